The fraction of sp³-hybridized carbons (Fsp3) is 0.727. The van der Waals surface area contributed by atoms with Crippen molar-refractivity contribution in [1.29, 1.82) is 0 Å². The Morgan fingerprint density at radius 3 is 2.33 bits per heavy atom. The van der Waals surface area contributed by atoms with E-state index in [1.54, 1.807) is 7.05 Å². The molecule has 0 aromatic rings. The molecule has 2 unspecified atom stereocenters. The number of nitrogens with two attached hydrogens (primary N) is 1. The van der Waals surface area contributed by atoms with Gasteiger partial charge >= 0.3 is 12.0 Å². The molecule has 0 heterocycles. The normalized spacial score (nSPS) is 13.5. The third-order valence-electron chi connectivity index (χ3n) is 2.63. The number of amides is 3. The molecule has 0 rings (SSSR count). The topological polar surface area (TPSA) is 113 Å². The minimum absolute atomic E-state index is 0.320. The number of carboxylic acids is 1. The van der Waals surface area contributed by atoms with Gasteiger partial charge in [-0.05, 0) is 5.92 Å². The molecule has 7 heteroatoms. The summed E-state index contributed by atoms with van der Waals surface area (Å²) in [6.07, 6.45) is 0.500. The summed E-state index contributed by atoms with van der Waals surface area (Å²) in [5, 5.41) is 11.1. The second kappa shape index (κ2) is 7.52. The first-order valence-corrected chi connectivity index (χ1v) is 5.80. The summed E-state index contributed by atoms with van der Waals surface area (Å²) in [4.78, 5) is 34.6. The molecular weight excluding hydrogens is 238 g/mol. The molecule has 0 aliphatic rings. The SMILES string of the molecule is CCC(C)CN(C)C(=O)NC(CC(N)=O)C(=O)O. The predicted molar refractivity (Wildman–Crippen MR) is 65.9 cm³/mol. The predicted octanol–water partition coefficient (Wildman–Crippen LogP) is 0.00250. The van der Waals surface area contributed by atoms with Crippen molar-refractivity contribution in [2.24, 2.45) is 11.7 Å². The van der Waals surface area contributed by atoms with Crippen molar-refractivity contribution < 1.29 is 19.5 Å². The summed E-state index contributed by atoms with van der Waals surface area (Å²) in [5.74, 6) is -1.73. The molecule has 0 aromatic carbocycles. The van der Waals surface area contributed by atoms with E-state index in [4.69, 9.17) is 10.8 Å². The average molecular weight is 259 g/mol. The lowest BCUT2D eigenvalue weighted by atomic mass is 10.1. The highest BCUT2D eigenvalue weighted by molar-refractivity contribution is 5.87. The van der Waals surface area contributed by atoms with Gasteiger partial charge in [-0.25, -0.2) is 9.59 Å². The van der Waals surface area contributed by atoms with Gasteiger partial charge in [0, 0.05) is 13.6 Å². The van der Waals surface area contributed by atoms with Gasteiger partial charge < -0.3 is 21.1 Å². The molecule has 7 nitrogen and oxygen atoms in total. The number of carboxylic acid groups (broad SMARTS) is 1. The number of hydrogen-bond donors (Lipinski definition) is 3. The van der Waals surface area contributed by atoms with Crippen molar-refractivity contribution in [1.82, 2.24) is 10.2 Å². The Morgan fingerprint density at radius 2 is 1.94 bits per heavy atom. The lowest BCUT2D eigenvalue weighted by molar-refractivity contribution is -0.140. The van der Waals surface area contributed by atoms with E-state index in [2.05, 4.69) is 5.32 Å². The van der Waals surface area contributed by atoms with Crippen LogP contribution in [0.4, 0.5) is 4.79 Å². The van der Waals surface area contributed by atoms with Crippen molar-refractivity contribution in [3.63, 3.8) is 0 Å². The molecule has 0 spiro atoms. The van der Waals surface area contributed by atoms with Crippen molar-refractivity contribution in [3.05, 3.63) is 0 Å². The Morgan fingerprint density at radius 1 is 1.39 bits per heavy atom. The van der Waals surface area contributed by atoms with Gasteiger partial charge in [-0.1, -0.05) is 20.3 Å². The zero-order valence-corrected chi connectivity index (χ0v) is 11.0. The van der Waals surface area contributed by atoms with E-state index in [0.29, 0.717) is 12.5 Å². The number of hydrogen-bond acceptors (Lipinski definition) is 3. The molecule has 104 valence electrons. The summed E-state index contributed by atoms with van der Waals surface area (Å²) in [7, 11) is 1.57. The minimum Gasteiger partial charge on any atom is -0.480 e. The van der Waals surface area contributed by atoms with Crippen LogP contribution >= 0.6 is 0 Å². The Labute approximate surface area is 106 Å². The zero-order valence-electron chi connectivity index (χ0n) is 11.0. The quantitative estimate of drug-likeness (QED) is 0.597. The van der Waals surface area contributed by atoms with E-state index < -0.39 is 30.4 Å². The second-order valence-electron chi connectivity index (χ2n) is 4.40. The summed E-state index contributed by atoms with van der Waals surface area (Å²) < 4.78 is 0. The largest absolute Gasteiger partial charge is 0.480 e. The van der Waals surface area contributed by atoms with Gasteiger partial charge in [-0.15, -0.1) is 0 Å². The van der Waals surface area contributed by atoms with Crippen LogP contribution in [0.25, 0.3) is 0 Å². The first-order chi connectivity index (χ1) is 8.27. The molecule has 0 saturated heterocycles. The van der Waals surface area contributed by atoms with Gasteiger partial charge in [0.1, 0.15) is 6.04 Å². The van der Waals surface area contributed by atoms with Crippen LogP contribution in [0.2, 0.25) is 0 Å². The van der Waals surface area contributed by atoms with Crippen LogP contribution in [0.15, 0.2) is 0 Å². The molecule has 0 fully saturated rings. The molecule has 18 heavy (non-hydrogen) atoms. The fourth-order valence-corrected chi connectivity index (χ4v) is 1.34. The molecule has 0 aliphatic carbocycles. The minimum atomic E-state index is -1.28. The van der Waals surface area contributed by atoms with Crippen LogP contribution in [0, 0.1) is 5.92 Å². The van der Waals surface area contributed by atoms with Crippen molar-refractivity contribution in [2.75, 3.05) is 13.6 Å². The van der Waals surface area contributed by atoms with Crippen LogP contribution in [0.3, 0.4) is 0 Å². The lowest BCUT2D eigenvalue weighted by Crippen LogP contribution is -2.48. The van der Waals surface area contributed by atoms with Crippen molar-refractivity contribution in [2.45, 2.75) is 32.7 Å². The third-order valence-corrected chi connectivity index (χ3v) is 2.63. The van der Waals surface area contributed by atoms with E-state index in [1.807, 2.05) is 13.8 Å². The monoisotopic (exact) mass is 259 g/mol. The Balaban J connectivity index is 4.41. The third kappa shape index (κ3) is 6.07. The number of nitrogens with one attached hydrogen (secondary N) is 1. The second-order valence-corrected chi connectivity index (χ2v) is 4.40. The van der Waals surface area contributed by atoms with E-state index in [9.17, 15) is 14.4 Å². The number of carbonyl (C=O) groups excluding carboxylic acids is 2. The van der Waals surface area contributed by atoms with Crippen LogP contribution in [0.1, 0.15) is 26.7 Å². The van der Waals surface area contributed by atoms with Crippen LogP contribution in [0.5, 0.6) is 0 Å². The van der Waals surface area contributed by atoms with Gasteiger partial charge in [0.15, 0.2) is 0 Å². The van der Waals surface area contributed by atoms with Crippen molar-refractivity contribution in [3.8, 4) is 0 Å². The van der Waals surface area contributed by atoms with E-state index in [0.717, 1.165) is 6.42 Å². The number of primary amides is 1. The molecule has 0 radical (unpaired) electrons. The smallest absolute Gasteiger partial charge is 0.326 e. The number of rotatable bonds is 7. The Bertz CT molecular complexity index is 319. The summed E-state index contributed by atoms with van der Waals surface area (Å²) in [5.41, 5.74) is 4.92. The molecular formula is C11H21N3O4. The van der Waals surface area contributed by atoms with E-state index in [1.165, 1.54) is 4.90 Å². The Kier molecular flexibility index (Phi) is 6.77. The maximum Gasteiger partial charge on any atom is 0.326 e. The number of aliphatic carboxylic acids is 1. The highest BCUT2D eigenvalue weighted by Crippen LogP contribution is 2.03. The highest BCUT2D eigenvalue weighted by Gasteiger charge is 2.23. The first kappa shape index (κ1) is 16.2. The number of nitrogens with zero attached hydrogens (tertiary/aromatic N) is 1. The van der Waals surface area contributed by atoms with Gasteiger partial charge in [0.05, 0.1) is 6.42 Å². The molecule has 2 atom stereocenters. The maximum absolute atomic E-state index is 11.7. The Hall–Kier alpha value is -1.79. The zero-order chi connectivity index (χ0) is 14.3. The first-order valence-electron chi connectivity index (χ1n) is 5.80. The average Bonchev–Trinajstić information content (AvgIpc) is 2.26. The molecule has 4 N–H and O–H groups in total. The number of urea groups is 1. The maximum atomic E-state index is 11.7. The molecule has 0 aliphatic heterocycles. The van der Waals surface area contributed by atoms with Gasteiger partial charge in [0.25, 0.3) is 0 Å². The standard InChI is InChI=1S/C11H21N3O4/c1-4-7(2)6-14(3)11(18)13-8(10(16)17)5-9(12)15/h7-8H,4-6H2,1-3H3,(H2,12,15)(H,13,18)(H,16,17). The van der Waals surface area contributed by atoms with Crippen LogP contribution in [-0.2, 0) is 9.59 Å². The number of carbonyl (C=O) groups is 3. The molecule has 0 aromatic heterocycles. The van der Waals surface area contributed by atoms with Gasteiger partial charge in [0.2, 0.25) is 5.91 Å². The molecule has 0 saturated carbocycles. The van der Waals surface area contributed by atoms with E-state index in [-0.39, 0.29) is 0 Å². The summed E-state index contributed by atoms with van der Waals surface area (Å²) in [6, 6.07) is -1.81. The highest BCUT2D eigenvalue weighted by atomic mass is 16.4. The fourth-order valence-electron chi connectivity index (χ4n) is 1.34. The van der Waals surface area contributed by atoms with Gasteiger partial charge in [-0.2, -0.15) is 0 Å². The lowest BCUT2D eigenvalue weighted by Gasteiger charge is -2.23. The summed E-state index contributed by atoms with van der Waals surface area (Å²) in [6.45, 7) is 4.51. The van der Waals surface area contributed by atoms with E-state index >= 15 is 0 Å². The molecule has 0 bridgehead atoms. The molecule has 3 amide bonds. The summed E-state index contributed by atoms with van der Waals surface area (Å²) >= 11 is 0. The van der Waals surface area contributed by atoms with Crippen LogP contribution in [-0.4, -0.2) is 47.5 Å². The van der Waals surface area contributed by atoms with Gasteiger partial charge in [-0.3, -0.25) is 4.79 Å². The van der Waals surface area contributed by atoms with Crippen molar-refractivity contribution >= 4 is 17.9 Å². The van der Waals surface area contributed by atoms with Crippen LogP contribution < -0.4 is 11.1 Å².